The van der Waals surface area contributed by atoms with E-state index in [4.69, 9.17) is 9.47 Å². The number of ether oxygens (including phenoxy) is 2. The number of likely N-dealkylation sites (N-methyl/N-ethyl adjacent to an activating group) is 1. The number of hydrogen-bond donors (Lipinski definition) is 0. The Morgan fingerprint density at radius 2 is 1.88 bits per heavy atom. The van der Waals surface area contributed by atoms with E-state index in [1.165, 1.54) is 32.1 Å². The predicted octanol–water partition coefficient (Wildman–Crippen LogP) is 5.93. The third kappa shape index (κ3) is 5.67. The van der Waals surface area contributed by atoms with E-state index in [-0.39, 0.29) is 11.2 Å². The number of rotatable bonds is 9. The van der Waals surface area contributed by atoms with E-state index in [0.29, 0.717) is 6.61 Å². The van der Waals surface area contributed by atoms with Crippen molar-refractivity contribution < 1.29 is 14.3 Å². The highest BCUT2D eigenvalue weighted by Crippen LogP contribution is 2.48. The zero-order valence-corrected chi connectivity index (χ0v) is 20.9. The van der Waals surface area contributed by atoms with E-state index in [1.54, 1.807) is 23.8 Å². The first-order valence-corrected chi connectivity index (χ1v) is 13.0. The molecule has 1 heterocycles. The van der Waals surface area contributed by atoms with Gasteiger partial charge in [0.2, 0.25) is 5.91 Å². The van der Waals surface area contributed by atoms with E-state index in [2.05, 4.69) is 18.0 Å². The van der Waals surface area contributed by atoms with Gasteiger partial charge in [-0.1, -0.05) is 31.4 Å². The van der Waals surface area contributed by atoms with Crippen molar-refractivity contribution in [3.8, 4) is 11.5 Å². The standard InChI is InChI=1S/C27H36N2O3S/c1-28(20-11-5-4-6-12-20)17-9-10-18-32-24-16-15-21(31-3)19-22(24)26-27(30)29(2)23-13-7-8-14-25(23)33-26/h7-8,13-16,19-20,26H,4-6,9-12,17-18H2,1-3H3. The average molecular weight is 469 g/mol. The topological polar surface area (TPSA) is 42.0 Å². The minimum atomic E-state index is -0.354. The lowest BCUT2D eigenvalue weighted by Crippen LogP contribution is -2.34. The largest absolute Gasteiger partial charge is 0.497 e. The van der Waals surface area contributed by atoms with E-state index in [1.807, 2.05) is 43.4 Å². The summed E-state index contributed by atoms with van der Waals surface area (Å²) in [6.45, 7) is 1.76. The molecule has 0 spiro atoms. The highest BCUT2D eigenvalue weighted by Gasteiger charge is 2.34. The molecule has 4 rings (SSSR count). The monoisotopic (exact) mass is 468 g/mol. The maximum atomic E-state index is 13.2. The maximum absolute atomic E-state index is 13.2. The first-order valence-electron chi connectivity index (χ1n) is 12.1. The van der Waals surface area contributed by atoms with Crippen LogP contribution in [-0.4, -0.2) is 51.2 Å². The van der Waals surface area contributed by atoms with Gasteiger partial charge in [-0.05, 0) is 69.6 Å². The molecule has 0 bridgehead atoms. The molecule has 0 aromatic heterocycles. The number of para-hydroxylation sites is 1. The molecule has 2 aliphatic rings. The summed E-state index contributed by atoms with van der Waals surface area (Å²) in [6, 6.07) is 14.6. The molecule has 1 aliphatic heterocycles. The summed E-state index contributed by atoms with van der Waals surface area (Å²) in [4.78, 5) is 18.6. The second-order valence-electron chi connectivity index (χ2n) is 9.09. The maximum Gasteiger partial charge on any atom is 0.244 e. The number of unbranched alkanes of at least 4 members (excludes halogenated alkanes) is 1. The summed E-state index contributed by atoms with van der Waals surface area (Å²) in [7, 11) is 5.76. The van der Waals surface area contributed by atoms with Crippen LogP contribution in [0.3, 0.4) is 0 Å². The number of benzene rings is 2. The molecule has 0 radical (unpaired) electrons. The lowest BCUT2D eigenvalue weighted by molar-refractivity contribution is -0.118. The summed E-state index contributed by atoms with van der Waals surface area (Å²) in [6.07, 6.45) is 8.93. The molecule has 1 amide bonds. The average Bonchev–Trinajstić information content (AvgIpc) is 2.86. The van der Waals surface area contributed by atoms with Crippen LogP contribution in [-0.2, 0) is 4.79 Å². The normalized spacial score (nSPS) is 19.0. The van der Waals surface area contributed by atoms with Gasteiger partial charge in [-0.15, -0.1) is 11.8 Å². The van der Waals surface area contributed by atoms with Gasteiger partial charge in [-0.2, -0.15) is 0 Å². The summed E-state index contributed by atoms with van der Waals surface area (Å²) in [5.74, 6) is 1.57. The number of methoxy groups -OCH3 is 1. The molecule has 178 valence electrons. The van der Waals surface area contributed by atoms with Crippen LogP contribution in [0.5, 0.6) is 11.5 Å². The number of amides is 1. The molecule has 6 heteroatoms. The van der Waals surface area contributed by atoms with Crippen LogP contribution in [0.15, 0.2) is 47.4 Å². The highest BCUT2D eigenvalue weighted by atomic mass is 32.2. The van der Waals surface area contributed by atoms with Gasteiger partial charge in [-0.3, -0.25) is 4.79 Å². The van der Waals surface area contributed by atoms with Crippen molar-refractivity contribution in [2.75, 3.05) is 39.3 Å². The number of carbonyl (C=O) groups excluding carboxylic acids is 1. The van der Waals surface area contributed by atoms with Gasteiger partial charge in [0.1, 0.15) is 16.7 Å². The Bertz CT molecular complexity index is 945. The van der Waals surface area contributed by atoms with Crippen LogP contribution in [0.4, 0.5) is 5.69 Å². The zero-order chi connectivity index (χ0) is 23.2. The Labute approximate surface area is 202 Å². The lowest BCUT2D eigenvalue weighted by atomic mass is 9.94. The van der Waals surface area contributed by atoms with Crippen molar-refractivity contribution in [1.29, 1.82) is 0 Å². The van der Waals surface area contributed by atoms with Crippen LogP contribution in [0.25, 0.3) is 0 Å². The Morgan fingerprint density at radius 1 is 1.09 bits per heavy atom. The Morgan fingerprint density at radius 3 is 2.67 bits per heavy atom. The summed E-state index contributed by atoms with van der Waals surface area (Å²) in [5, 5.41) is -0.354. The van der Waals surface area contributed by atoms with Crippen molar-refractivity contribution in [3.05, 3.63) is 48.0 Å². The molecule has 0 saturated heterocycles. The van der Waals surface area contributed by atoms with Gasteiger partial charge >= 0.3 is 0 Å². The molecule has 5 nitrogen and oxygen atoms in total. The minimum Gasteiger partial charge on any atom is -0.497 e. The molecule has 33 heavy (non-hydrogen) atoms. The van der Waals surface area contributed by atoms with E-state index < -0.39 is 0 Å². The quantitative estimate of drug-likeness (QED) is 0.427. The third-order valence-corrected chi connectivity index (χ3v) is 8.18. The number of thioether (sulfide) groups is 1. The second-order valence-corrected chi connectivity index (χ2v) is 10.2. The lowest BCUT2D eigenvalue weighted by Gasteiger charge is -2.32. The molecule has 0 N–H and O–H groups in total. The Balaban J connectivity index is 1.39. The van der Waals surface area contributed by atoms with Gasteiger partial charge in [0.05, 0.1) is 19.4 Å². The molecule has 1 aliphatic carbocycles. The van der Waals surface area contributed by atoms with Crippen molar-refractivity contribution in [1.82, 2.24) is 4.90 Å². The number of anilines is 1. The molecule has 1 fully saturated rings. The van der Waals surface area contributed by atoms with Gasteiger partial charge in [0.15, 0.2) is 0 Å². The first kappa shape index (κ1) is 24.0. The van der Waals surface area contributed by atoms with Crippen LogP contribution >= 0.6 is 11.8 Å². The second kappa shape index (κ2) is 11.3. The van der Waals surface area contributed by atoms with Crippen LogP contribution in [0, 0.1) is 0 Å². The molecule has 1 saturated carbocycles. The van der Waals surface area contributed by atoms with Crippen LogP contribution in [0.1, 0.15) is 55.8 Å². The molecule has 2 aromatic rings. The third-order valence-electron chi connectivity index (χ3n) is 6.89. The molecule has 1 atom stereocenters. The Kier molecular flexibility index (Phi) is 8.20. The number of carbonyl (C=O) groups is 1. The first-order chi connectivity index (χ1) is 16.1. The fourth-order valence-electron chi connectivity index (χ4n) is 4.84. The van der Waals surface area contributed by atoms with Crippen molar-refractivity contribution in [2.45, 2.75) is 61.1 Å². The van der Waals surface area contributed by atoms with Gasteiger partial charge in [0, 0.05) is 23.5 Å². The molecular weight excluding hydrogens is 432 g/mol. The number of hydrogen-bond acceptors (Lipinski definition) is 5. The number of nitrogens with zero attached hydrogens (tertiary/aromatic N) is 2. The molecule has 1 unspecified atom stereocenters. The summed E-state index contributed by atoms with van der Waals surface area (Å²) < 4.78 is 11.7. The van der Waals surface area contributed by atoms with Crippen molar-refractivity contribution >= 4 is 23.4 Å². The molecule has 2 aromatic carbocycles. The summed E-state index contributed by atoms with van der Waals surface area (Å²) in [5.41, 5.74) is 1.83. The molecular formula is C27H36N2O3S. The minimum absolute atomic E-state index is 0.0610. The predicted molar refractivity (Wildman–Crippen MR) is 136 cm³/mol. The van der Waals surface area contributed by atoms with E-state index >= 15 is 0 Å². The fraction of sp³-hybridized carbons (Fsp3) is 0.519. The fourth-order valence-corrected chi connectivity index (χ4v) is 6.15. The van der Waals surface area contributed by atoms with Gasteiger partial charge in [0.25, 0.3) is 0 Å². The highest BCUT2D eigenvalue weighted by molar-refractivity contribution is 8.00. The smallest absolute Gasteiger partial charge is 0.244 e. The van der Waals surface area contributed by atoms with Crippen molar-refractivity contribution in [2.24, 2.45) is 0 Å². The van der Waals surface area contributed by atoms with Gasteiger partial charge < -0.3 is 19.3 Å². The summed E-state index contributed by atoms with van der Waals surface area (Å²) >= 11 is 1.59. The SMILES string of the molecule is COc1ccc(OCCCCN(C)C2CCCCC2)c(C2Sc3ccccc3N(C)C2=O)c1. The van der Waals surface area contributed by atoms with Gasteiger partial charge in [-0.25, -0.2) is 0 Å². The number of fused-ring (bicyclic) bond motifs is 1. The van der Waals surface area contributed by atoms with Crippen LogP contribution < -0.4 is 14.4 Å². The van der Waals surface area contributed by atoms with E-state index in [9.17, 15) is 4.79 Å². The zero-order valence-electron chi connectivity index (χ0n) is 20.1. The van der Waals surface area contributed by atoms with E-state index in [0.717, 1.165) is 53.1 Å². The van der Waals surface area contributed by atoms with Crippen LogP contribution in [0.2, 0.25) is 0 Å². The van der Waals surface area contributed by atoms with Crippen molar-refractivity contribution in [3.63, 3.8) is 0 Å². The Hall–Kier alpha value is -2.18.